The maximum atomic E-state index is 13.3. The highest BCUT2D eigenvalue weighted by molar-refractivity contribution is 5.99. The van der Waals surface area contributed by atoms with Crippen LogP contribution in [0.2, 0.25) is 0 Å². The van der Waals surface area contributed by atoms with E-state index in [0.717, 1.165) is 24.2 Å². The Morgan fingerprint density at radius 1 is 1.13 bits per heavy atom. The summed E-state index contributed by atoms with van der Waals surface area (Å²) in [5.41, 5.74) is 8.31. The molecule has 0 aliphatic carbocycles. The fourth-order valence-electron chi connectivity index (χ4n) is 4.89. The highest BCUT2D eigenvalue weighted by Gasteiger charge is 2.32. The molecule has 2 aromatic heterocycles. The molecule has 2 aromatic carbocycles. The van der Waals surface area contributed by atoms with Crippen molar-refractivity contribution in [2.45, 2.75) is 46.2 Å². The first-order valence-corrected chi connectivity index (χ1v) is 13.0. The van der Waals surface area contributed by atoms with E-state index in [1.165, 1.54) is 6.33 Å². The number of aromatic nitrogens is 4. The Labute approximate surface area is 227 Å². The first kappa shape index (κ1) is 25.9. The summed E-state index contributed by atoms with van der Waals surface area (Å²) in [4.78, 5) is 23.8. The summed E-state index contributed by atoms with van der Waals surface area (Å²) in [7, 11) is 0. The number of nitrogen functional groups attached to an aromatic ring is 1. The van der Waals surface area contributed by atoms with E-state index in [1.54, 1.807) is 15.7 Å². The van der Waals surface area contributed by atoms with Crippen molar-refractivity contribution >= 4 is 22.8 Å². The number of nitrogens with zero attached hydrogens (tertiary/aromatic N) is 6. The summed E-state index contributed by atoms with van der Waals surface area (Å²) in [6.07, 6.45) is 4.83. The molecule has 3 heterocycles. The number of nitriles is 1. The van der Waals surface area contributed by atoms with E-state index in [2.05, 4.69) is 16.0 Å². The largest absolute Gasteiger partial charge is 0.457 e. The highest BCUT2D eigenvalue weighted by atomic mass is 16.5. The fourth-order valence-corrected chi connectivity index (χ4v) is 4.89. The summed E-state index contributed by atoms with van der Waals surface area (Å²) < 4.78 is 7.73. The van der Waals surface area contributed by atoms with Crippen molar-refractivity contribution in [1.29, 1.82) is 5.26 Å². The molecule has 4 aromatic rings. The number of anilines is 1. The lowest BCUT2D eigenvalue weighted by Gasteiger charge is -2.25. The Hall–Kier alpha value is -4.71. The van der Waals surface area contributed by atoms with Crippen molar-refractivity contribution in [1.82, 2.24) is 24.6 Å². The Kier molecular flexibility index (Phi) is 7.03. The van der Waals surface area contributed by atoms with E-state index in [4.69, 9.17) is 15.6 Å². The standard InChI is InChI=1S/C30H31N7O2/c1-30(2,3)16-21(17-31)29(38)36-15-7-8-22(36)18-37-28-25(27(32)33-19-34-28)26(35-37)20-11-13-24(14-12-20)39-23-9-5-4-6-10-23/h4-6,9-14,16,19,22H,7-8,15,18H2,1-3H3,(H2,32,33,34)/b21-16-/t22-/m0/s1. The Morgan fingerprint density at radius 3 is 2.54 bits per heavy atom. The SMILES string of the molecule is CC(C)(C)/C=C(/C#N)C(=O)N1CCC[C@H]1Cn1nc(-c2ccc(Oc3ccccc3)cc2)c2c(N)ncnc21. The number of benzene rings is 2. The molecule has 1 fully saturated rings. The second-order valence-electron chi connectivity index (χ2n) is 10.8. The van der Waals surface area contributed by atoms with E-state index >= 15 is 0 Å². The molecule has 0 spiro atoms. The van der Waals surface area contributed by atoms with E-state index in [1.807, 2.05) is 75.4 Å². The second kappa shape index (κ2) is 10.6. The molecule has 198 valence electrons. The first-order chi connectivity index (χ1) is 18.7. The Bertz CT molecular complexity index is 1560. The maximum absolute atomic E-state index is 13.3. The van der Waals surface area contributed by atoms with Gasteiger partial charge in [-0.05, 0) is 54.7 Å². The minimum Gasteiger partial charge on any atom is -0.457 e. The van der Waals surface area contributed by atoms with Gasteiger partial charge in [-0.2, -0.15) is 10.4 Å². The number of nitrogens with two attached hydrogens (primary N) is 1. The van der Waals surface area contributed by atoms with Crippen LogP contribution >= 0.6 is 0 Å². The van der Waals surface area contributed by atoms with Gasteiger partial charge >= 0.3 is 0 Å². The number of fused-ring (bicyclic) bond motifs is 1. The molecule has 9 heteroatoms. The van der Waals surface area contributed by atoms with Crippen molar-refractivity contribution in [3.05, 3.63) is 72.6 Å². The lowest BCUT2D eigenvalue weighted by atomic mass is 9.93. The lowest BCUT2D eigenvalue weighted by Crippen LogP contribution is -2.39. The third-order valence-electron chi connectivity index (χ3n) is 6.62. The van der Waals surface area contributed by atoms with Crippen molar-refractivity contribution in [3.63, 3.8) is 0 Å². The van der Waals surface area contributed by atoms with Gasteiger partial charge in [0.1, 0.15) is 41.0 Å². The monoisotopic (exact) mass is 521 g/mol. The van der Waals surface area contributed by atoms with Gasteiger partial charge in [0, 0.05) is 12.1 Å². The molecular formula is C30H31N7O2. The zero-order chi connectivity index (χ0) is 27.6. The molecular weight excluding hydrogens is 490 g/mol. The van der Waals surface area contributed by atoms with Crippen LogP contribution in [0.15, 0.2) is 72.6 Å². The van der Waals surface area contributed by atoms with E-state index < -0.39 is 0 Å². The zero-order valence-electron chi connectivity index (χ0n) is 22.3. The van der Waals surface area contributed by atoms with E-state index in [0.29, 0.717) is 41.4 Å². The average molecular weight is 522 g/mol. The number of ether oxygens (including phenoxy) is 1. The van der Waals surface area contributed by atoms with Gasteiger partial charge in [-0.15, -0.1) is 0 Å². The molecule has 1 amide bonds. The molecule has 0 saturated carbocycles. The van der Waals surface area contributed by atoms with Gasteiger partial charge in [0.2, 0.25) is 0 Å². The summed E-state index contributed by atoms with van der Waals surface area (Å²) in [6, 6.07) is 19.2. The number of carbonyl (C=O) groups is 1. The van der Waals surface area contributed by atoms with Gasteiger partial charge in [0.05, 0.1) is 18.0 Å². The molecule has 1 aliphatic rings. The van der Waals surface area contributed by atoms with Crippen LogP contribution in [0.4, 0.5) is 5.82 Å². The second-order valence-corrected chi connectivity index (χ2v) is 10.8. The fraction of sp³-hybridized carbons (Fsp3) is 0.300. The van der Waals surface area contributed by atoms with E-state index in [9.17, 15) is 10.1 Å². The highest BCUT2D eigenvalue weighted by Crippen LogP contribution is 2.33. The smallest absolute Gasteiger partial charge is 0.264 e. The topological polar surface area (TPSA) is 123 Å². The molecule has 39 heavy (non-hydrogen) atoms. The third-order valence-corrected chi connectivity index (χ3v) is 6.62. The van der Waals surface area contributed by atoms with Gasteiger partial charge in [0.15, 0.2) is 5.65 Å². The van der Waals surface area contributed by atoms with Crippen molar-refractivity contribution < 1.29 is 9.53 Å². The third kappa shape index (κ3) is 5.60. The lowest BCUT2D eigenvalue weighted by molar-refractivity contribution is -0.127. The van der Waals surface area contributed by atoms with Crippen LogP contribution in [-0.2, 0) is 11.3 Å². The number of para-hydroxylation sites is 1. The maximum Gasteiger partial charge on any atom is 0.264 e. The minimum atomic E-state index is -0.279. The molecule has 0 radical (unpaired) electrons. The van der Waals surface area contributed by atoms with Gasteiger partial charge in [-0.1, -0.05) is 45.0 Å². The van der Waals surface area contributed by atoms with Gasteiger partial charge in [-0.3, -0.25) is 4.79 Å². The van der Waals surface area contributed by atoms with Gasteiger partial charge in [-0.25, -0.2) is 14.6 Å². The number of likely N-dealkylation sites (tertiary alicyclic amines) is 1. The van der Waals surface area contributed by atoms with Gasteiger partial charge in [0.25, 0.3) is 5.91 Å². The summed E-state index contributed by atoms with van der Waals surface area (Å²) in [6.45, 7) is 6.95. The molecule has 1 saturated heterocycles. The van der Waals surface area contributed by atoms with Crippen molar-refractivity contribution in [2.75, 3.05) is 12.3 Å². The van der Waals surface area contributed by atoms with Crippen LogP contribution in [0.1, 0.15) is 33.6 Å². The predicted molar refractivity (Wildman–Crippen MR) is 150 cm³/mol. The normalized spacial score (nSPS) is 15.9. The van der Waals surface area contributed by atoms with Crippen LogP contribution < -0.4 is 10.5 Å². The molecule has 5 rings (SSSR count). The van der Waals surface area contributed by atoms with Crippen LogP contribution in [0, 0.1) is 16.7 Å². The zero-order valence-corrected chi connectivity index (χ0v) is 22.3. The molecule has 2 N–H and O–H groups in total. The molecule has 0 bridgehead atoms. The first-order valence-electron chi connectivity index (χ1n) is 13.0. The number of hydrogen-bond acceptors (Lipinski definition) is 7. The quantitative estimate of drug-likeness (QED) is 0.268. The summed E-state index contributed by atoms with van der Waals surface area (Å²) >= 11 is 0. The van der Waals surface area contributed by atoms with Crippen molar-refractivity contribution in [2.24, 2.45) is 5.41 Å². The van der Waals surface area contributed by atoms with E-state index in [-0.39, 0.29) is 22.9 Å². The van der Waals surface area contributed by atoms with Gasteiger partial charge < -0.3 is 15.4 Å². The Balaban J connectivity index is 1.44. The number of hydrogen-bond donors (Lipinski definition) is 1. The average Bonchev–Trinajstić information content (AvgIpc) is 3.53. The number of amides is 1. The Morgan fingerprint density at radius 2 is 1.85 bits per heavy atom. The van der Waals surface area contributed by atoms with Crippen LogP contribution in [0.5, 0.6) is 11.5 Å². The summed E-state index contributed by atoms with van der Waals surface area (Å²) in [5, 5.41) is 15.2. The van der Waals surface area contributed by atoms with Crippen LogP contribution in [0.25, 0.3) is 22.3 Å². The number of rotatable bonds is 6. The molecule has 1 aliphatic heterocycles. The van der Waals surface area contributed by atoms with Crippen LogP contribution in [-0.4, -0.2) is 43.1 Å². The van der Waals surface area contributed by atoms with Crippen molar-refractivity contribution in [3.8, 4) is 28.8 Å². The minimum absolute atomic E-state index is 0.122. The molecule has 9 nitrogen and oxygen atoms in total. The van der Waals surface area contributed by atoms with Crippen LogP contribution in [0.3, 0.4) is 0 Å². The predicted octanol–water partition coefficient (Wildman–Crippen LogP) is 5.35. The molecule has 1 atom stereocenters. The summed E-state index contributed by atoms with van der Waals surface area (Å²) in [5.74, 6) is 1.56. The number of allylic oxidation sites excluding steroid dienone is 1. The molecule has 0 unspecified atom stereocenters. The number of carbonyl (C=O) groups excluding carboxylic acids is 1.